The van der Waals surface area contributed by atoms with E-state index < -0.39 is 10.0 Å². The molecule has 0 aliphatic rings. The highest BCUT2D eigenvalue weighted by atomic mass is 32.2. The van der Waals surface area contributed by atoms with Crippen LogP contribution in [0.25, 0.3) is 0 Å². The molecule has 0 unspecified atom stereocenters. The molecule has 108 valence electrons. The maximum atomic E-state index is 12.1. The quantitative estimate of drug-likeness (QED) is 0.845. The van der Waals surface area contributed by atoms with Crippen LogP contribution in [0, 0.1) is 6.92 Å². The number of benzene rings is 1. The van der Waals surface area contributed by atoms with Gasteiger partial charge >= 0.3 is 0 Å². The van der Waals surface area contributed by atoms with Crippen molar-refractivity contribution in [3.05, 3.63) is 45.9 Å². The van der Waals surface area contributed by atoms with Crippen LogP contribution in [0.3, 0.4) is 0 Å². The van der Waals surface area contributed by atoms with Gasteiger partial charge < -0.3 is 5.73 Å². The molecule has 5 nitrogen and oxygen atoms in total. The average Bonchev–Trinajstić information content (AvgIpc) is 2.84. The molecular formula is C13H17N3O2S2. The zero-order valence-corrected chi connectivity index (χ0v) is 12.8. The fourth-order valence-corrected chi connectivity index (χ4v) is 3.36. The lowest BCUT2D eigenvalue weighted by atomic mass is 10.2. The summed E-state index contributed by atoms with van der Waals surface area (Å²) in [5.41, 5.74) is 7.22. The van der Waals surface area contributed by atoms with E-state index in [0.29, 0.717) is 6.54 Å². The van der Waals surface area contributed by atoms with Gasteiger partial charge in [0.15, 0.2) is 0 Å². The maximum Gasteiger partial charge on any atom is 0.240 e. The second-order valence-corrected chi connectivity index (χ2v) is 7.19. The van der Waals surface area contributed by atoms with Crippen molar-refractivity contribution in [2.24, 2.45) is 5.73 Å². The fraction of sp³-hybridized carbons (Fsp3) is 0.308. The highest BCUT2D eigenvalue weighted by Gasteiger charge is 2.14. The molecular weight excluding hydrogens is 294 g/mol. The molecule has 1 aromatic heterocycles. The number of thiazole rings is 1. The molecule has 2 rings (SSSR count). The summed E-state index contributed by atoms with van der Waals surface area (Å²) in [7, 11) is -3.50. The van der Waals surface area contributed by atoms with Crippen LogP contribution in [0.1, 0.15) is 16.3 Å². The van der Waals surface area contributed by atoms with E-state index in [2.05, 4.69) is 9.71 Å². The van der Waals surface area contributed by atoms with Crippen molar-refractivity contribution in [1.29, 1.82) is 0 Å². The lowest BCUT2D eigenvalue weighted by Crippen LogP contribution is -2.23. The van der Waals surface area contributed by atoms with E-state index >= 15 is 0 Å². The zero-order chi connectivity index (χ0) is 14.6. The van der Waals surface area contributed by atoms with Crippen molar-refractivity contribution in [2.75, 3.05) is 6.54 Å². The lowest BCUT2D eigenvalue weighted by molar-refractivity contribution is 0.580. The van der Waals surface area contributed by atoms with Gasteiger partial charge in [0.05, 0.1) is 22.1 Å². The minimum atomic E-state index is -3.50. The fourth-order valence-electron chi connectivity index (χ4n) is 1.74. The predicted octanol–water partition coefficient (Wildman–Crippen LogP) is 1.43. The third kappa shape index (κ3) is 3.86. The van der Waals surface area contributed by atoms with Gasteiger partial charge in [-0.25, -0.2) is 18.1 Å². The van der Waals surface area contributed by atoms with Gasteiger partial charge in [-0.1, -0.05) is 12.1 Å². The number of nitrogens with one attached hydrogen (secondary N) is 1. The van der Waals surface area contributed by atoms with Crippen LogP contribution in [-0.2, 0) is 23.0 Å². The van der Waals surface area contributed by atoms with E-state index in [1.807, 2.05) is 12.3 Å². The third-order valence-electron chi connectivity index (χ3n) is 2.78. The van der Waals surface area contributed by atoms with Crippen molar-refractivity contribution in [3.63, 3.8) is 0 Å². The number of nitrogens with two attached hydrogens (primary N) is 1. The normalized spacial score (nSPS) is 11.7. The Labute approximate surface area is 122 Å². The molecule has 7 heteroatoms. The molecule has 0 atom stereocenters. The van der Waals surface area contributed by atoms with Crippen LogP contribution < -0.4 is 10.5 Å². The Morgan fingerprint density at radius 2 is 2.00 bits per heavy atom. The number of sulfonamides is 1. The van der Waals surface area contributed by atoms with Gasteiger partial charge in [0.2, 0.25) is 10.0 Å². The number of hydrogen-bond donors (Lipinski definition) is 2. The highest BCUT2D eigenvalue weighted by Crippen LogP contribution is 2.12. The van der Waals surface area contributed by atoms with E-state index in [1.165, 1.54) is 11.3 Å². The summed E-state index contributed by atoms with van der Waals surface area (Å²) in [6.07, 6.45) is 0.742. The lowest BCUT2D eigenvalue weighted by Gasteiger charge is -2.06. The molecule has 2 aromatic rings. The molecule has 0 saturated heterocycles. The van der Waals surface area contributed by atoms with E-state index in [0.717, 1.165) is 22.7 Å². The van der Waals surface area contributed by atoms with Crippen molar-refractivity contribution in [2.45, 2.75) is 24.8 Å². The number of nitrogens with zero attached hydrogens (tertiary/aromatic N) is 1. The van der Waals surface area contributed by atoms with Crippen LogP contribution >= 0.6 is 11.3 Å². The van der Waals surface area contributed by atoms with Crippen molar-refractivity contribution in [3.8, 4) is 0 Å². The Morgan fingerprint density at radius 3 is 2.55 bits per heavy atom. The minimum absolute atomic E-state index is 0.206. The first-order valence-corrected chi connectivity index (χ1v) is 8.57. The molecule has 0 fully saturated rings. The third-order valence-corrected chi connectivity index (χ3v) is 5.02. The van der Waals surface area contributed by atoms with Gasteiger partial charge in [-0.15, -0.1) is 11.3 Å². The van der Waals surface area contributed by atoms with E-state index in [4.69, 9.17) is 5.73 Å². The number of aromatic nitrogens is 1. The van der Waals surface area contributed by atoms with Gasteiger partial charge in [-0.2, -0.15) is 0 Å². The van der Waals surface area contributed by atoms with Crippen LogP contribution in [0.4, 0.5) is 0 Å². The highest BCUT2D eigenvalue weighted by molar-refractivity contribution is 7.89. The van der Waals surface area contributed by atoms with Gasteiger partial charge in [0.25, 0.3) is 0 Å². The standard InChI is InChI=1S/C13H17N3O2S2/c1-10-16-12(9-19-10)8-15-20(17,18)13-4-2-11(3-5-13)6-7-14/h2-5,9,15H,6-8,14H2,1H3. The van der Waals surface area contributed by atoms with Crippen LogP contribution in [0.15, 0.2) is 34.5 Å². The Bertz CT molecular complexity index is 663. The second-order valence-electron chi connectivity index (χ2n) is 4.37. The summed E-state index contributed by atoms with van der Waals surface area (Å²) < 4.78 is 26.8. The maximum absolute atomic E-state index is 12.1. The average molecular weight is 311 g/mol. The van der Waals surface area contributed by atoms with Crippen LogP contribution in [0.5, 0.6) is 0 Å². The second kappa shape index (κ2) is 6.45. The summed E-state index contributed by atoms with van der Waals surface area (Å²) in [6.45, 7) is 2.64. The number of aryl methyl sites for hydroxylation is 1. The summed E-state index contributed by atoms with van der Waals surface area (Å²) in [5.74, 6) is 0. The summed E-state index contributed by atoms with van der Waals surface area (Å²) in [5, 5.41) is 2.77. The smallest absolute Gasteiger partial charge is 0.240 e. The summed E-state index contributed by atoms with van der Waals surface area (Å²) in [4.78, 5) is 4.48. The molecule has 1 aromatic carbocycles. The van der Waals surface area contributed by atoms with E-state index in [-0.39, 0.29) is 11.4 Å². The SMILES string of the molecule is Cc1nc(CNS(=O)(=O)c2ccc(CCN)cc2)cs1. The zero-order valence-electron chi connectivity index (χ0n) is 11.2. The molecule has 3 N–H and O–H groups in total. The summed E-state index contributed by atoms with van der Waals surface area (Å²) in [6, 6.07) is 6.77. The van der Waals surface area contributed by atoms with Gasteiger partial charge in [-0.05, 0) is 37.6 Å². The molecule has 0 aliphatic heterocycles. The molecule has 0 spiro atoms. The Hall–Kier alpha value is -1.28. The first-order chi connectivity index (χ1) is 9.51. The largest absolute Gasteiger partial charge is 0.330 e. The van der Waals surface area contributed by atoms with Crippen molar-refractivity contribution < 1.29 is 8.42 Å². The monoisotopic (exact) mass is 311 g/mol. The first kappa shape index (κ1) is 15.1. The van der Waals surface area contributed by atoms with Crippen LogP contribution in [-0.4, -0.2) is 19.9 Å². The van der Waals surface area contributed by atoms with E-state index in [1.54, 1.807) is 24.3 Å². The predicted molar refractivity (Wildman–Crippen MR) is 80.1 cm³/mol. The molecule has 1 heterocycles. The Balaban J connectivity index is 2.05. The van der Waals surface area contributed by atoms with Gasteiger partial charge in [-0.3, -0.25) is 0 Å². The van der Waals surface area contributed by atoms with E-state index in [9.17, 15) is 8.42 Å². The molecule has 0 aliphatic carbocycles. The molecule has 0 saturated carbocycles. The number of rotatable bonds is 6. The summed E-state index contributed by atoms with van der Waals surface area (Å²) >= 11 is 1.50. The van der Waals surface area contributed by atoms with Gasteiger partial charge in [0.1, 0.15) is 0 Å². The topological polar surface area (TPSA) is 85.1 Å². The molecule has 0 radical (unpaired) electrons. The molecule has 0 amide bonds. The number of hydrogen-bond acceptors (Lipinski definition) is 5. The molecule has 20 heavy (non-hydrogen) atoms. The first-order valence-electron chi connectivity index (χ1n) is 6.21. The van der Waals surface area contributed by atoms with Crippen LogP contribution in [0.2, 0.25) is 0 Å². The minimum Gasteiger partial charge on any atom is -0.330 e. The Kier molecular flexibility index (Phi) is 4.87. The van der Waals surface area contributed by atoms with Crippen molar-refractivity contribution >= 4 is 21.4 Å². The van der Waals surface area contributed by atoms with Gasteiger partial charge in [0, 0.05) is 5.38 Å². The van der Waals surface area contributed by atoms with Crippen molar-refractivity contribution in [1.82, 2.24) is 9.71 Å². The Morgan fingerprint density at radius 1 is 1.30 bits per heavy atom. The molecule has 0 bridgehead atoms.